The molecule has 1 aromatic heterocycles. The standard InChI is InChI=1S/C17H24N4/c1-13-7-4-5-8-16(13)12-18-9-6-10-19-17-20-14(2)11-15(3)21-17/h4-5,7-8,11,18H,6,9-10,12H2,1-3H3,(H,19,20,21). The Kier molecular flexibility index (Phi) is 5.69. The van der Waals surface area contributed by atoms with Gasteiger partial charge in [0.15, 0.2) is 0 Å². The van der Waals surface area contributed by atoms with Crippen LogP contribution in [0.1, 0.15) is 28.9 Å². The molecule has 1 aromatic carbocycles. The quantitative estimate of drug-likeness (QED) is 0.767. The topological polar surface area (TPSA) is 49.8 Å². The van der Waals surface area contributed by atoms with Crippen molar-refractivity contribution in [3.8, 4) is 0 Å². The molecular formula is C17H24N4. The van der Waals surface area contributed by atoms with Gasteiger partial charge in [-0.1, -0.05) is 24.3 Å². The van der Waals surface area contributed by atoms with Crippen molar-refractivity contribution in [2.24, 2.45) is 0 Å². The van der Waals surface area contributed by atoms with Crippen LogP contribution in [0.2, 0.25) is 0 Å². The first-order valence-corrected chi connectivity index (χ1v) is 7.46. The number of nitrogens with zero attached hydrogens (tertiary/aromatic N) is 2. The lowest BCUT2D eigenvalue weighted by Crippen LogP contribution is -2.18. The van der Waals surface area contributed by atoms with Crippen molar-refractivity contribution in [3.05, 3.63) is 52.8 Å². The van der Waals surface area contributed by atoms with E-state index in [2.05, 4.69) is 51.8 Å². The molecular weight excluding hydrogens is 260 g/mol. The van der Waals surface area contributed by atoms with E-state index < -0.39 is 0 Å². The van der Waals surface area contributed by atoms with Crippen LogP contribution in [0.3, 0.4) is 0 Å². The number of aromatic nitrogens is 2. The van der Waals surface area contributed by atoms with Crippen LogP contribution in [-0.2, 0) is 6.54 Å². The van der Waals surface area contributed by atoms with Gasteiger partial charge in [-0.3, -0.25) is 0 Å². The summed E-state index contributed by atoms with van der Waals surface area (Å²) in [6.07, 6.45) is 1.04. The Balaban J connectivity index is 1.65. The fraction of sp³-hybridized carbons (Fsp3) is 0.412. The maximum atomic E-state index is 4.37. The minimum absolute atomic E-state index is 0.728. The number of aryl methyl sites for hydroxylation is 3. The van der Waals surface area contributed by atoms with Crippen molar-refractivity contribution in [2.75, 3.05) is 18.4 Å². The molecule has 2 rings (SSSR count). The van der Waals surface area contributed by atoms with E-state index in [9.17, 15) is 0 Å². The number of hydrogen-bond donors (Lipinski definition) is 2. The second-order valence-electron chi connectivity index (χ2n) is 5.36. The largest absolute Gasteiger partial charge is 0.354 e. The Morgan fingerprint density at radius 2 is 1.67 bits per heavy atom. The van der Waals surface area contributed by atoms with Crippen molar-refractivity contribution < 1.29 is 0 Å². The van der Waals surface area contributed by atoms with Gasteiger partial charge in [0.1, 0.15) is 0 Å². The van der Waals surface area contributed by atoms with Crippen LogP contribution in [0.5, 0.6) is 0 Å². The molecule has 112 valence electrons. The van der Waals surface area contributed by atoms with Gasteiger partial charge < -0.3 is 10.6 Å². The summed E-state index contributed by atoms with van der Waals surface area (Å²) >= 11 is 0. The predicted molar refractivity (Wildman–Crippen MR) is 87.5 cm³/mol. The van der Waals surface area contributed by atoms with Crippen molar-refractivity contribution in [2.45, 2.75) is 33.7 Å². The molecule has 0 aliphatic rings. The van der Waals surface area contributed by atoms with Gasteiger partial charge in [0.2, 0.25) is 5.95 Å². The average Bonchev–Trinajstić information content (AvgIpc) is 2.43. The molecule has 0 bridgehead atoms. The third kappa shape index (κ3) is 5.16. The number of nitrogens with one attached hydrogen (secondary N) is 2. The van der Waals surface area contributed by atoms with Crippen LogP contribution < -0.4 is 10.6 Å². The normalized spacial score (nSPS) is 10.6. The summed E-state index contributed by atoms with van der Waals surface area (Å²) < 4.78 is 0. The minimum Gasteiger partial charge on any atom is -0.354 e. The summed E-state index contributed by atoms with van der Waals surface area (Å²) in [4.78, 5) is 8.74. The van der Waals surface area contributed by atoms with Gasteiger partial charge in [0.25, 0.3) is 0 Å². The highest BCUT2D eigenvalue weighted by atomic mass is 15.1. The zero-order chi connectivity index (χ0) is 15.1. The highest BCUT2D eigenvalue weighted by Crippen LogP contribution is 2.06. The number of anilines is 1. The van der Waals surface area contributed by atoms with Crippen LogP contribution >= 0.6 is 0 Å². The van der Waals surface area contributed by atoms with Crippen molar-refractivity contribution >= 4 is 5.95 Å². The van der Waals surface area contributed by atoms with E-state index in [1.807, 2.05) is 19.9 Å². The minimum atomic E-state index is 0.728. The molecule has 4 nitrogen and oxygen atoms in total. The molecule has 0 aliphatic carbocycles. The van der Waals surface area contributed by atoms with Crippen LogP contribution in [0.4, 0.5) is 5.95 Å². The molecule has 1 heterocycles. The molecule has 0 amide bonds. The first-order chi connectivity index (χ1) is 10.1. The molecule has 2 N–H and O–H groups in total. The first kappa shape index (κ1) is 15.4. The Bertz CT molecular complexity index is 561. The molecule has 0 aliphatic heterocycles. The summed E-state index contributed by atoms with van der Waals surface area (Å²) in [5.74, 6) is 0.728. The molecule has 0 saturated heterocycles. The van der Waals surface area contributed by atoms with Crippen LogP contribution in [0.15, 0.2) is 30.3 Å². The summed E-state index contributed by atoms with van der Waals surface area (Å²) in [7, 11) is 0. The van der Waals surface area contributed by atoms with Gasteiger partial charge >= 0.3 is 0 Å². The van der Waals surface area contributed by atoms with Gasteiger partial charge in [-0.15, -0.1) is 0 Å². The maximum absolute atomic E-state index is 4.37. The van der Waals surface area contributed by atoms with E-state index in [0.717, 1.165) is 43.4 Å². The fourth-order valence-electron chi connectivity index (χ4n) is 2.25. The van der Waals surface area contributed by atoms with Gasteiger partial charge in [-0.05, 0) is 50.9 Å². The van der Waals surface area contributed by atoms with Gasteiger partial charge in [-0.25, -0.2) is 9.97 Å². The number of hydrogen-bond acceptors (Lipinski definition) is 4. The molecule has 2 aromatic rings. The molecule has 4 heteroatoms. The molecule has 0 radical (unpaired) electrons. The molecule has 0 spiro atoms. The third-order valence-corrected chi connectivity index (χ3v) is 3.37. The van der Waals surface area contributed by atoms with E-state index in [-0.39, 0.29) is 0 Å². The second-order valence-corrected chi connectivity index (χ2v) is 5.36. The SMILES string of the molecule is Cc1cc(C)nc(NCCCNCc2ccccc2C)n1. The highest BCUT2D eigenvalue weighted by molar-refractivity contribution is 5.27. The van der Waals surface area contributed by atoms with E-state index in [0.29, 0.717) is 0 Å². The predicted octanol–water partition coefficient (Wildman–Crippen LogP) is 2.99. The van der Waals surface area contributed by atoms with Crippen molar-refractivity contribution in [1.82, 2.24) is 15.3 Å². The monoisotopic (exact) mass is 284 g/mol. The Labute approximate surface area is 127 Å². The lowest BCUT2D eigenvalue weighted by atomic mass is 10.1. The first-order valence-electron chi connectivity index (χ1n) is 7.46. The summed E-state index contributed by atoms with van der Waals surface area (Å²) in [5.41, 5.74) is 4.71. The zero-order valence-electron chi connectivity index (χ0n) is 13.1. The third-order valence-electron chi connectivity index (χ3n) is 3.37. The van der Waals surface area contributed by atoms with Crippen molar-refractivity contribution in [1.29, 1.82) is 0 Å². The van der Waals surface area contributed by atoms with E-state index >= 15 is 0 Å². The van der Waals surface area contributed by atoms with E-state index in [1.165, 1.54) is 11.1 Å². The number of benzene rings is 1. The average molecular weight is 284 g/mol. The maximum Gasteiger partial charge on any atom is 0.223 e. The molecule has 0 fully saturated rings. The fourth-order valence-corrected chi connectivity index (χ4v) is 2.25. The molecule has 0 atom stereocenters. The summed E-state index contributed by atoms with van der Waals surface area (Å²) in [5, 5.41) is 6.74. The molecule has 0 unspecified atom stereocenters. The Morgan fingerprint density at radius 3 is 2.38 bits per heavy atom. The van der Waals surface area contributed by atoms with Crippen molar-refractivity contribution in [3.63, 3.8) is 0 Å². The van der Waals surface area contributed by atoms with Crippen LogP contribution in [-0.4, -0.2) is 23.1 Å². The number of rotatable bonds is 7. The van der Waals surface area contributed by atoms with E-state index in [1.54, 1.807) is 0 Å². The Hall–Kier alpha value is -1.94. The van der Waals surface area contributed by atoms with Gasteiger partial charge in [0.05, 0.1) is 0 Å². The smallest absolute Gasteiger partial charge is 0.223 e. The lowest BCUT2D eigenvalue weighted by molar-refractivity contribution is 0.660. The summed E-state index contributed by atoms with van der Waals surface area (Å²) in [6.45, 7) is 8.91. The van der Waals surface area contributed by atoms with Crippen LogP contribution in [0, 0.1) is 20.8 Å². The molecule has 0 saturated carbocycles. The van der Waals surface area contributed by atoms with E-state index in [4.69, 9.17) is 0 Å². The Morgan fingerprint density at radius 1 is 0.952 bits per heavy atom. The van der Waals surface area contributed by atoms with Gasteiger partial charge in [-0.2, -0.15) is 0 Å². The van der Waals surface area contributed by atoms with Gasteiger partial charge in [0, 0.05) is 24.5 Å². The zero-order valence-corrected chi connectivity index (χ0v) is 13.1. The second kappa shape index (κ2) is 7.74. The summed E-state index contributed by atoms with van der Waals surface area (Å²) in [6, 6.07) is 10.5. The van der Waals surface area contributed by atoms with Crippen LogP contribution in [0.25, 0.3) is 0 Å². The molecule has 21 heavy (non-hydrogen) atoms. The highest BCUT2D eigenvalue weighted by Gasteiger charge is 1.99. The lowest BCUT2D eigenvalue weighted by Gasteiger charge is -2.09.